The van der Waals surface area contributed by atoms with Crippen LogP contribution in [0.3, 0.4) is 0 Å². The number of carbonyl (C=O) groups excluding carboxylic acids is 1. The van der Waals surface area contributed by atoms with E-state index in [4.69, 9.17) is 4.74 Å². The monoisotopic (exact) mass is 325 g/mol. The molecular formula is C19H23N3O2. The fourth-order valence-corrected chi connectivity index (χ4v) is 2.98. The Balaban J connectivity index is 1.72. The molecule has 1 saturated carbocycles. The van der Waals surface area contributed by atoms with E-state index in [2.05, 4.69) is 15.6 Å². The molecule has 1 amide bonds. The van der Waals surface area contributed by atoms with E-state index in [1.54, 1.807) is 12.4 Å². The summed E-state index contributed by atoms with van der Waals surface area (Å²) in [6.07, 6.45) is 7.83. The summed E-state index contributed by atoms with van der Waals surface area (Å²) in [5.41, 5.74) is 2.19. The summed E-state index contributed by atoms with van der Waals surface area (Å²) >= 11 is 0. The van der Waals surface area contributed by atoms with Crippen LogP contribution >= 0.6 is 0 Å². The first-order chi connectivity index (χ1) is 11.8. The maximum atomic E-state index is 12.4. The van der Waals surface area contributed by atoms with Gasteiger partial charge in [0.1, 0.15) is 5.75 Å². The van der Waals surface area contributed by atoms with Gasteiger partial charge < -0.3 is 15.4 Å². The lowest BCUT2D eigenvalue weighted by Crippen LogP contribution is -2.32. The molecule has 2 N–H and O–H groups in total. The summed E-state index contributed by atoms with van der Waals surface area (Å²) in [4.78, 5) is 16.6. The quantitative estimate of drug-likeness (QED) is 0.845. The largest absolute Gasteiger partial charge is 0.492 e. The van der Waals surface area contributed by atoms with E-state index in [1.165, 1.54) is 12.8 Å². The van der Waals surface area contributed by atoms with Gasteiger partial charge in [0.15, 0.2) is 0 Å². The van der Waals surface area contributed by atoms with E-state index in [1.807, 2.05) is 37.3 Å². The molecule has 2 aromatic rings. The molecular weight excluding hydrogens is 302 g/mol. The molecule has 1 heterocycles. The summed E-state index contributed by atoms with van der Waals surface area (Å²) in [5, 5.41) is 6.37. The second-order valence-corrected chi connectivity index (χ2v) is 5.97. The number of aromatic nitrogens is 1. The Labute approximate surface area is 142 Å². The summed E-state index contributed by atoms with van der Waals surface area (Å²) in [5.74, 6) is 0.719. The van der Waals surface area contributed by atoms with Crippen LogP contribution in [0.2, 0.25) is 0 Å². The summed E-state index contributed by atoms with van der Waals surface area (Å²) in [6.45, 7) is 2.55. The number of amides is 1. The van der Waals surface area contributed by atoms with Gasteiger partial charge in [-0.1, -0.05) is 25.0 Å². The van der Waals surface area contributed by atoms with E-state index >= 15 is 0 Å². The third kappa shape index (κ3) is 4.04. The van der Waals surface area contributed by atoms with E-state index in [0.29, 0.717) is 18.2 Å². The topological polar surface area (TPSA) is 63.2 Å². The molecule has 1 aromatic carbocycles. The first-order valence-electron chi connectivity index (χ1n) is 8.51. The van der Waals surface area contributed by atoms with Crippen molar-refractivity contribution in [2.45, 2.75) is 38.6 Å². The summed E-state index contributed by atoms with van der Waals surface area (Å²) in [7, 11) is 0. The van der Waals surface area contributed by atoms with E-state index in [-0.39, 0.29) is 5.91 Å². The van der Waals surface area contributed by atoms with Crippen LogP contribution in [0.1, 0.15) is 43.0 Å². The number of anilines is 2. The van der Waals surface area contributed by atoms with Gasteiger partial charge in [0.05, 0.1) is 29.7 Å². The highest BCUT2D eigenvalue weighted by molar-refractivity contribution is 5.95. The third-order valence-electron chi connectivity index (χ3n) is 4.16. The second-order valence-electron chi connectivity index (χ2n) is 5.97. The predicted octanol–water partition coefficient (Wildman–Crippen LogP) is 3.90. The number of hydrogen-bond donors (Lipinski definition) is 2. The molecule has 0 bridgehead atoms. The SMILES string of the molecule is CCOc1ccccc1Nc1cncc(C(=O)NC2CCCC2)c1. The molecule has 0 spiro atoms. The normalized spacial score (nSPS) is 14.4. The third-order valence-corrected chi connectivity index (χ3v) is 4.16. The van der Waals surface area contributed by atoms with Crippen LogP contribution in [-0.2, 0) is 0 Å². The molecule has 3 rings (SSSR count). The maximum Gasteiger partial charge on any atom is 0.253 e. The highest BCUT2D eigenvalue weighted by Gasteiger charge is 2.18. The van der Waals surface area contributed by atoms with E-state index < -0.39 is 0 Å². The zero-order chi connectivity index (χ0) is 16.8. The molecule has 0 aliphatic heterocycles. The number of para-hydroxylation sites is 2. The number of benzene rings is 1. The van der Waals surface area contributed by atoms with Gasteiger partial charge in [-0.05, 0) is 38.0 Å². The molecule has 5 heteroatoms. The van der Waals surface area contributed by atoms with Crippen molar-refractivity contribution < 1.29 is 9.53 Å². The van der Waals surface area contributed by atoms with Gasteiger partial charge in [-0.25, -0.2) is 0 Å². The zero-order valence-corrected chi connectivity index (χ0v) is 13.9. The zero-order valence-electron chi connectivity index (χ0n) is 13.9. The molecule has 1 aromatic heterocycles. The number of nitrogens with one attached hydrogen (secondary N) is 2. The lowest BCUT2D eigenvalue weighted by Gasteiger charge is -2.14. The van der Waals surface area contributed by atoms with Gasteiger partial charge in [0.25, 0.3) is 5.91 Å². The standard InChI is InChI=1S/C19H23N3O2/c1-2-24-18-10-6-5-9-17(18)21-16-11-14(12-20-13-16)19(23)22-15-7-3-4-8-15/h5-6,9-13,15,21H,2-4,7-8H2,1H3,(H,22,23). The molecule has 24 heavy (non-hydrogen) atoms. The Hall–Kier alpha value is -2.56. The molecule has 5 nitrogen and oxygen atoms in total. The number of ether oxygens (including phenoxy) is 1. The van der Waals surface area contributed by atoms with Gasteiger partial charge in [-0.2, -0.15) is 0 Å². The molecule has 126 valence electrons. The number of rotatable bonds is 6. The molecule has 0 unspecified atom stereocenters. The molecule has 1 aliphatic carbocycles. The van der Waals surface area contributed by atoms with Crippen molar-refractivity contribution in [1.29, 1.82) is 0 Å². The molecule has 1 fully saturated rings. The van der Waals surface area contributed by atoms with Crippen LogP contribution in [0, 0.1) is 0 Å². The Morgan fingerprint density at radius 2 is 2.04 bits per heavy atom. The Morgan fingerprint density at radius 1 is 1.25 bits per heavy atom. The van der Waals surface area contributed by atoms with Crippen LogP contribution in [0.15, 0.2) is 42.7 Å². The molecule has 0 atom stereocenters. The van der Waals surface area contributed by atoms with Crippen LogP contribution in [0.5, 0.6) is 5.75 Å². The smallest absolute Gasteiger partial charge is 0.253 e. The van der Waals surface area contributed by atoms with Gasteiger partial charge in [-0.15, -0.1) is 0 Å². The van der Waals surface area contributed by atoms with Crippen molar-refractivity contribution in [3.8, 4) is 5.75 Å². The van der Waals surface area contributed by atoms with Gasteiger partial charge in [-0.3, -0.25) is 9.78 Å². The van der Waals surface area contributed by atoms with Crippen LogP contribution < -0.4 is 15.4 Å². The van der Waals surface area contributed by atoms with Crippen molar-refractivity contribution >= 4 is 17.3 Å². The minimum Gasteiger partial charge on any atom is -0.492 e. The molecule has 0 radical (unpaired) electrons. The lowest BCUT2D eigenvalue weighted by atomic mass is 10.2. The average Bonchev–Trinajstić information content (AvgIpc) is 3.10. The van der Waals surface area contributed by atoms with E-state index in [0.717, 1.165) is 30.0 Å². The predicted molar refractivity (Wildman–Crippen MR) is 94.9 cm³/mol. The summed E-state index contributed by atoms with van der Waals surface area (Å²) < 4.78 is 5.61. The lowest BCUT2D eigenvalue weighted by molar-refractivity contribution is 0.0937. The van der Waals surface area contributed by atoms with Gasteiger partial charge >= 0.3 is 0 Å². The Morgan fingerprint density at radius 3 is 2.83 bits per heavy atom. The minimum atomic E-state index is -0.0591. The first-order valence-corrected chi connectivity index (χ1v) is 8.51. The molecule has 0 saturated heterocycles. The second kappa shape index (κ2) is 7.81. The highest BCUT2D eigenvalue weighted by atomic mass is 16.5. The van der Waals surface area contributed by atoms with Crippen molar-refractivity contribution in [3.63, 3.8) is 0 Å². The fraction of sp³-hybridized carbons (Fsp3) is 0.368. The number of nitrogens with zero attached hydrogens (tertiary/aromatic N) is 1. The van der Waals surface area contributed by atoms with Crippen molar-refractivity contribution in [2.24, 2.45) is 0 Å². The minimum absolute atomic E-state index is 0.0591. The fourth-order valence-electron chi connectivity index (χ4n) is 2.98. The Kier molecular flexibility index (Phi) is 5.31. The number of hydrogen-bond acceptors (Lipinski definition) is 4. The van der Waals surface area contributed by atoms with Gasteiger partial charge in [0, 0.05) is 12.2 Å². The van der Waals surface area contributed by atoms with Crippen molar-refractivity contribution in [3.05, 3.63) is 48.3 Å². The van der Waals surface area contributed by atoms with Gasteiger partial charge in [0.2, 0.25) is 0 Å². The first kappa shape index (κ1) is 16.3. The summed E-state index contributed by atoms with van der Waals surface area (Å²) in [6, 6.07) is 9.84. The Bertz CT molecular complexity index is 697. The maximum absolute atomic E-state index is 12.4. The van der Waals surface area contributed by atoms with Crippen LogP contribution in [0.4, 0.5) is 11.4 Å². The van der Waals surface area contributed by atoms with Crippen LogP contribution in [0.25, 0.3) is 0 Å². The van der Waals surface area contributed by atoms with Crippen LogP contribution in [-0.4, -0.2) is 23.5 Å². The highest BCUT2D eigenvalue weighted by Crippen LogP contribution is 2.27. The van der Waals surface area contributed by atoms with Crippen molar-refractivity contribution in [2.75, 3.05) is 11.9 Å². The van der Waals surface area contributed by atoms with Crippen molar-refractivity contribution in [1.82, 2.24) is 10.3 Å². The average molecular weight is 325 g/mol. The number of carbonyl (C=O) groups is 1. The molecule has 1 aliphatic rings. The van der Waals surface area contributed by atoms with E-state index in [9.17, 15) is 4.79 Å². The number of pyridine rings is 1.